The van der Waals surface area contributed by atoms with Gasteiger partial charge in [-0.1, -0.05) is 48.5 Å². The number of fused-ring (bicyclic) bond motifs is 1. The standard InChI is InChI=1S/C21H18N4.C2H6O2/c1-15-9-5-6-12-17(15)23-21-20(22-16-10-3-2-4-11-16)24-18-13-7-8-14-19(18)25-21;1-2-4-3/h2-14H,1H3,(H,22,24)(H,23,25);3H,2H2,1H3. The van der Waals surface area contributed by atoms with Gasteiger partial charge in [0.2, 0.25) is 0 Å². The van der Waals surface area contributed by atoms with Crippen LogP contribution in [0.15, 0.2) is 78.9 Å². The minimum Gasteiger partial charge on any atom is -0.337 e. The van der Waals surface area contributed by atoms with E-state index in [1.165, 1.54) is 0 Å². The second kappa shape index (κ2) is 10.2. The molecule has 1 heterocycles. The fourth-order valence-electron chi connectivity index (χ4n) is 2.67. The zero-order valence-electron chi connectivity index (χ0n) is 16.5. The van der Waals surface area contributed by atoms with Crippen molar-refractivity contribution in [3.63, 3.8) is 0 Å². The Bertz CT molecular complexity index is 1050. The second-order valence-corrected chi connectivity index (χ2v) is 6.26. The Kier molecular flexibility index (Phi) is 7.10. The summed E-state index contributed by atoms with van der Waals surface area (Å²) in [6, 6.07) is 26.0. The van der Waals surface area contributed by atoms with E-state index in [2.05, 4.69) is 28.5 Å². The third-order valence-corrected chi connectivity index (χ3v) is 4.13. The van der Waals surface area contributed by atoms with E-state index in [1.807, 2.05) is 72.8 Å². The average molecular weight is 388 g/mol. The third-order valence-electron chi connectivity index (χ3n) is 4.13. The predicted octanol–water partition coefficient (Wildman–Crippen LogP) is 5.92. The van der Waals surface area contributed by atoms with Crippen LogP contribution >= 0.6 is 0 Å². The van der Waals surface area contributed by atoms with Gasteiger partial charge in [-0.2, -0.15) is 0 Å². The minimum atomic E-state index is 0.375. The van der Waals surface area contributed by atoms with Gasteiger partial charge in [0.05, 0.1) is 17.6 Å². The van der Waals surface area contributed by atoms with Gasteiger partial charge >= 0.3 is 0 Å². The molecule has 148 valence electrons. The fourth-order valence-corrected chi connectivity index (χ4v) is 2.67. The molecule has 0 aliphatic rings. The summed E-state index contributed by atoms with van der Waals surface area (Å²) in [7, 11) is 0. The number of para-hydroxylation sites is 4. The highest BCUT2D eigenvalue weighted by atomic mass is 17.1. The molecule has 0 saturated carbocycles. The minimum absolute atomic E-state index is 0.375. The van der Waals surface area contributed by atoms with Crippen LogP contribution in [0.2, 0.25) is 0 Å². The van der Waals surface area contributed by atoms with Crippen molar-refractivity contribution in [1.82, 2.24) is 9.97 Å². The van der Waals surface area contributed by atoms with Gasteiger partial charge in [-0.15, -0.1) is 0 Å². The highest BCUT2D eigenvalue weighted by Gasteiger charge is 2.10. The van der Waals surface area contributed by atoms with E-state index < -0.39 is 0 Å². The molecule has 0 atom stereocenters. The van der Waals surface area contributed by atoms with Crippen LogP contribution < -0.4 is 10.6 Å². The van der Waals surface area contributed by atoms with E-state index in [0.29, 0.717) is 18.2 Å². The van der Waals surface area contributed by atoms with Gasteiger partial charge in [0.15, 0.2) is 11.6 Å². The monoisotopic (exact) mass is 388 g/mol. The van der Waals surface area contributed by atoms with E-state index in [1.54, 1.807) is 6.92 Å². The van der Waals surface area contributed by atoms with Crippen LogP contribution in [0.25, 0.3) is 11.0 Å². The molecule has 0 unspecified atom stereocenters. The summed E-state index contributed by atoms with van der Waals surface area (Å²) in [6.45, 7) is 4.15. The number of benzene rings is 3. The van der Waals surface area contributed by atoms with E-state index in [-0.39, 0.29) is 0 Å². The van der Waals surface area contributed by atoms with Crippen LogP contribution in [0.1, 0.15) is 12.5 Å². The molecule has 0 spiro atoms. The molecule has 29 heavy (non-hydrogen) atoms. The van der Waals surface area contributed by atoms with Crippen molar-refractivity contribution in [2.45, 2.75) is 13.8 Å². The summed E-state index contributed by atoms with van der Waals surface area (Å²) in [5.74, 6) is 1.41. The molecular formula is C23H24N4O2. The Hall–Kier alpha value is -3.48. The Morgan fingerprint density at radius 2 is 1.28 bits per heavy atom. The first kappa shape index (κ1) is 20.3. The highest BCUT2D eigenvalue weighted by Crippen LogP contribution is 2.28. The van der Waals surface area contributed by atoms with Crippen LogP contribution in [0.4, 0.5) is 23.0 Å². The van der Waals surface area contributed by atoms with E-state index in [4.69, 9.17) is 15.2 Å². The Balaban J connectivity index is 0.000000552. The molecule has 6 nitrogen and oxygen atoms in total. The molecule has 0 aliphatic carbocycles. The lowest BCUT2D eigenvalue weighted by Crippen LogP contribution is -2.04. The zero-order valence-corrected chi connectivity index (χ0v) is 16.5. The van der Waals surface area contributed by atoms with Crippen LogP contribution in [0.3, 0.4) is 0 Å². The molecule has 0 saturated heterocycles. The summed E-state index contributed by atoms with van der Waals surface area (Å²) in [5, 5.41) is 14.2. The Morgan fingerprint density at radius 3 is 1.86 bits per heavy atom. The van der Waals surface area contributed by atoms with Crippen LogP contribution in [0.5, 0.6) is 0 Å². The molecule has 4 rings (SSSR count). The molecule has 0 radical (unpaired) electrons. The second-order valence-electron chi connectivity index (χ2n) is 6.26. The first-order valence-electron chi connectivity index (χ1n) is 9.39. The molecule has 0 amide bonds. The normalized spacial score (nSPS) is 10.2. The number of hydrogen-bond donors (Lipinski definition) is 3. The molecule has 3 N–H and O–H groups in total. The number of hydrogen-bond acceptors (Lipinski definition) is 6. The molecule has 0 aliphatic heterocycles. The number of anilines is 4. The van der Waals surface area contributed by atoms with Crippen LogP contribution in [0, 0.1) is 6.92 Å². The molecule has 0 fully saturated rings. The first-order chi connectivity index (χ1) is 14.2. The predicted molar refractivity (Wildman–Crippen MR) is 118 cm³/mol. The van der Waals surface area contributed by atoms with Crippen LogP contribution in [-0.4, -0.2) is 21.8 Å². The smallest absolute Gasteiger partial charge is 0.174 e. The lowest BCUT2D eigenvalue weighted by molar-refractivity contribution is -0.237. The summed E-state index contributed by atoms with van der Waals surface area (Å²) in [4.78, 5) is 13.1. The average Bonchev–Trinajstić information content (AvgIpc) is 2.76. The maximum atomic E-state index is 7.38. The van der Waals surface area contributed by atoms with Crippen molar-refractivity contribution >= 4 is 34.0 Å². The van der Waals surface area contributed by atoms with E-state index in [0.717, 1.165) is 28.0 Å². The van der Waals surface area contributed by atoms with Gasteiger partial charge in [0.1, 0.15) is 0 Å². The lowest BCUT2D eigenvalue weighted by Gasteiger charge is -2.14. The summed E-state index contributed by atoms with van der Waals surface area (Å²) in [6.07, 6.45) is 0. The van der Waals surface area contributed by atoms with E-state index >= 15 is 0 Å². The van der Waals surface area contributed by atoms with Crippen molar-refractivity contribution in [3.05, 3.63) is 84.4 Å². The molecule has 1 aromatic heterocycles. The molecule has 0 bridgehead atoms. The number of rotatable bonds is 5. The lowest BCUT2D eigenvalue weighted by atomic mass is 10.2. The zero-order chi connectivity index (χ0) is 20.5. The van der Waals surface area contributed by atoms with Crippen LogP contribution in [-0.2, 0) is 4.89 Å². The molecule has 6 heteroatoms. The molecule has 4 aromatic rings. The largest absolute Gasteiger partial charge is 0.337 e. The van der Waals surface area contributed by atoms with Gasteiger partial charge in [0.25, 0.3) is 0 Å². The third kappa shape index (κ3) is 5.51. The summed E-state index contributed by atoms with van der Waals surface area (Å²) in [5.41, 5.74) is 4.86. The van der Waals surface area contributed by atoms with Gasteiger partial charge in [-0.25, -0.2) is 14.9 Å². The van der Waals surface area contributed by atoms with Gasteiger partial charge in [-0.05, 0) is 49.7 Å². The number of nitrogens with zero attached hydrogens (tertiary/aromatic N) is 2. The summed E-state index contributed by atoms with van der Waals surface area (Å²) >= 11 is 0. The van der Waals surface area contributed by atoms with Gasteiger partial charge in [0, 0.05) is 11.4 Å². The molecular weight excluding hydrogens is 364 g/mol. The topological polar surface area (TPSA) is 79.3 Å². The maximum Gasteiger partial charge on any atom is 0.174 e. The number of aromatic nitrogens is 2. The van der Waals surface area contributed by atoms with Crippen molar-refractivity contribution < 1.29 is 10.1 Å². The summed E-state index contributed by atoms with van der Waals surface area (Å²) < 4.78 is 0. The van der Waals surface area contributed by atoms with Crippen molar-refractivity contribution in [1.29, 1.82) is 0 Å². The Morgan fingerprint density at radius 1 is 0.759 bits per heavy atom. The Labute approximate surface area is 170 Å². The quantitative estimate of drug-likeness (QED) is 0.291. The fraction of sp³-hybridized carbons (Fsp3) is 0.130. The van der Waals surface area contributed by atoms with E-state index in [9.17, 15) is 0 Å². The van der Waals surface area contributed by atoms with Crippen molar-refractivity contribution in [2.75, 3.05) is 17.2 Å². The van der Waals surface area contributed by atoms with Gasteiger partial charge < -0.3 is 10.6 Å². The number of nitrogens with one attached hydrogen (secondary N) is 2. The SMILES string of the molecule is CCOO.Cc1ccccc1Nc1nc2ccccc2nc1Nc1ccccc1. The number of aryl methyl sites for hydroxylation is 1. The van der Waals surface area contributed by atoms with Crippen molar-refractivity contribution in [3.8, 4) is 0 Å². The van der Waals surface area contributed by atoms with Gasteiger partial charge in [-0.3, -0.25) is 5.26 Å². The van der Waals surface area contributed by atoms with Crippen molar-refractivity contribution in [2.24, 2.45) is 0 Å². The molecule has 3 aromatic carbocycles. The maximum absolute atomic E-state index is 7.38. The highest BCUT2D eigenvalue weighted by molar-refractivity contribution is 5.83. The first-order valence-corrected chi connectivity index (χ1v) is 9.39.